The molecule has 1 atom stereocenters. The van der Waals surface area contributed by atoms with E-state index < -0.39 is 17.1 Å². The number of alkyl halides is 1. The third kappa shape index (κ3) is 5.05. The van der Waals surface area contributed by atoms with Gasteiger partial charge < -0.3 is 0 Å². The molecule has 0 aliphatic rings. The number of halogens is 1. The van der Waals surface area contributed by atoms with Crippen molar-refractivity contribution in [2.24, 2.45) is 0 Å². The van der Waals surface area contributed by atoms with E-state index in [0.29, 0.717) is 29.7 Å². The van der Waals surface area contributed by atoms with Crippen molar-refractivity contribution < 1.29 is 0 Å². The van der Waals surface area contributed by atoms with Gasteiger partial charge >= 0.3 is 17.1 Å². The molecule has 0 radical (unpaired) electrons. The van der Waals surface area contributed by atoms with Crippen molar-refractivity contribution in [2.75, 3.05) is 0 Å². The Labute approximate surface area is 149 Å². The molecule has 0 saturated heterocycles. The fourth-order valence-electron chi connectivity index (χ4n) is 2.17. The van der Waals surface area contributed by atoms with Gasteiger partial charge in [-0.3, -0.25) is 0 Å². The standard InChI is InChI=1S/C16H24IN3O3/c1-4-7-10-18-14(21)19(11-8-5-2)16(23)20(15(18)22)12-9-13(17)6-3/h4-5,13H,1-2,6-12H2,3H3. The summed E-state index contributed by atoms with van der Waals surface area (Å²) in [6.07, 6.45) is 5.97. The van der Waals surface area contributed by atoms with Gasteiger partial charge in [0.2, 0.25) is 0 Å². The first kappa shape index (κ1) is 19.7. The number of hydrogen-bond acceptors (Lipinski definition) is 3. The highest BCUT2D eigenvalue weighted by Gasteiger charge is 2.15. The summed E-state index contributed by atoms with van der Waals surface area (Å²) < 4.78 is 3.81. The molecule has 0 fully saturated rings. The largest absolute Gasteiger partial charge is 0.336 e. The summed E-state index contributed by atoms with van der Waals surface area (Å²) in [5.41, 5.74) is -1.62. The number of aromatic nitrogens is 3. The summed E-state index contributed by atoms with van der Waals surface area (Å²) in [5, 5.41) is 0. The van der Waals surface area contributed by atoms with Gasteiger partial charge in [0.05, 0.1) is 0 Å². The molecule has 23 heavy (non-hydrogen) atoms. The van der Waals surface area contributed by atoms with E-state index in [4.69, 9.17) is 0 Å². The molecule has 1 aromatic rings. The predicted octanol–water partition coefficient (Wildman–Crippen LogP) is 1.93. The van der Waals surface area contributed by atoms with Crippen LogP contribution in [0.4, 0.5) is 0 Å². The topological polar surface area (TPSA) is 66.0 Å². The molecule has 7 heteroatoms. The van der Waals surface area contributed by atoms with Crippen molar-refractivity contribution in [1.82, 2.24) is 13.7 Å². The SMILES string of the molecule is C=CCCn1c(=O)n(CCC=C)c(=O)n(CCC(I)CC)c1=O. The number of hydrogen-bond donors (Lipinski definition) is 0. The maximum atomic E-state index is 12.5. The minimum atomic E-state index is -0.554. The van der Waals surface area contributed by atoms with Crippen molar-refractivity contribution >= 4 is 22.6 Å². The van der Waals surface area contributed by atoms with Gasteiger partial charge in [-0.1, -0.05) is 41.7 Å². The number of nitrogens with zero attached hydrogens (tertiary/aromatic N) is 3. The van der Waals surface area contributed by atoms with E-state index in [1.54, 1.807) is 12.2 Å². The van der Waals surface area contributed by atoms with Crippen LogP contribution in [0, 0.1) is 0 Å². The summed E-state index contributed by atoms with van der Waals surface area (Å²) in [7, 11) is 0. The van der Waals surface area contributed by atoms with Crippen molar-refractivity contribution in [3.8, 4) is 0 Å². The van der Waals surface area contributed by atoms with Gasteiger partial charge in [0.25, 0.3) is 0 Å². The summed E-state index contributed by atoms with van der Waals surface area (Å²) in [5.74, 6) is 0. The van der Waals surface area contributed by atoms with Gasteiger partial charge in [0, 0.05) is 23.6 Å². The Hall–Kier alpha value is -1.38. The fourth-order valence-corrected chi connectivity index (χ4v) is 2.45. The molecule has 1 rings (SSSR count). The molecule has 0 aliphatic heterocycles. The number of rotatable bonds is 10. The molecule has 1 heterocycles. The molecule has 1 unspecified atom stereocenters. The summed E-state index contributed by atoms with van der Waals surface area (Å²) in [4.78, 5) is 37.4. The fraction of sp³-hybridized carbons (Fsp3) is 0.562. The van der Waals surface area contributed by atoms with Crippen LogP contribution in [0.5, 0.6) is 0 Å². The molecule has 1 aromatic heterocycles. The van der Waals surface area contributed by atoms with Gasteiger partial charge in [0.1, 0.15) is 0 Å². The van der Waals surface area contributed by atoms with Gasteiger partial charge in [0.15, 0.2) is 0 Å². The first-order valence-electron chi connectivity index (χ1n) is 7.78. The van der Waals surface area contributed by atoms with Crippen molar-refractivity contribution in [3.05, 3.63) is 56.8 Å². The van der Waals surface area contributed by atoms with Crippen LogP contribution in [0.3, 0.4) is 0 Å². The molecule has 0 saturated carbocycles. The van der Waals surface area contributed by atoms with Crippen LogP contribution in [-0.2, 0) is 19.6 Å². The Morgan fingerprint density at radius 3 is 1.65 bits per heavy atom. The molecule has 0 N–H and O–H groups in total. The minimum Gasteiger partial charge on any atom is -0.247 e. The zero-order valence-electron chi connectivity index (χ0n) is 13.5. The molecule has 0 amide bonds. The van der Waals surface area contributed by atoms with Gasteiger partial charge in [-0.05, 0) is 25.7 Å². The molecule has 0 spiro atoms. The summed E-state index contributed by atoms with van der Waals surface area (Å²) in [6, 6.07) is 0. The van der Waals surface area contributed by atoms with Crippen LogP contribution in [0.25, 0.3) is 0 Å². The molecule has 0 bridgehead atoms. The monoisotopic (exact) mass is 433 g/mol. The van der Waals surface area contributed by atoms with Crippen molar-refractivity contribution in [2.45, 2.75) is 56.2 Å². The first-order valence-corrected chi connectivity index (χ1v) is 9.02. The second kappa shape index (κ2) is 9.69. The number of allylic oxidation sites excluding steroid dienone is 2. The molecule has 0 aromatic carbocycles. The van der Waals surface area contributed by atoms with Crippen LogP contribution >= 0.6 is 22.6 Å². The van der Waals surface area contributed by atoms with E-state index >= 15 is 0 Å². The lowest BCUT2D eigenvalue weighted by Gasteiger charge is -2.14. The van der Waals surface area contributed by atoms with Crippen LogP contribution in [0.15, 0.2) is 39.7 Å². The molecule has 6 nitrogen and oxygen atoms in total. The molecular weight excluding hydrogens is 409 g/mol. The zero-order valence-corrected chi connectivity index (χ0v) is 15.7. The lowest BCUT2D eigenvalue weighted by Crippen LogP contribution is -2.54. The second-order valence-electron chi connectivity index (χ2n) is 5.25. The Morgan fingerprint density at radius 1 is 0.913 bits per heavy atom. The lowest BCUT2D eigenvalue weighted by atomic mass is 10.2. The molecule has 128 valence electrons. The van der Waals surface area contributed by atoms with Gasteiger partial charge in [-0.25, -0.2) is 28.1 Å². The maximum Gasteiger partial charge on any atom is 0.336 e. The van der Waals surface area contributed by atoms with Gasteiger partial charge in [-0.15, -0.1) is 13.2 Å². The third-order valence-corrected chi connectivity index (χ3v) is 5.11. The Morgan fingerprint density at radius 2 is 1.30 bits per heavy atom. The zero-order chi connectivity index (χ0) is 17.4. The van der Waals surface area contributed by atoms with Crippen LogP contribution in [0.1, 0.15) is 32.6 Å². The van der Waals surface area contributed by atoms with E-state index in [-0.39, 0.29) is 13.1 Å². The first-order chi connectivity index (χ1) is 11.0. The Balaban J connectivity index is 3.38. The highest BCUT2D eigenvalue weighted by atomic mass is 127. The van der Waals surface area contributed by atoms with E-state index in [1.165, 1.54) is 4.57 Å². The highest BCUT2D eigenvalue weighted by molar-refractivity contribution is 14.1. The quantitative estimate of drug-likeness (QED) is 0.322. The van der Waals surface area contributed by atoms with Crippen molar-refractivity contribution in [3.63, 3.8) is 0 Å². The van der Waals surface area contributed by atoms with E-state index in [9.17, 15) is 14.4 Å². The van der Waals surface area contributed by atoms with E-state index in [2.05, 4.69) is 42.7 Å². The third-order valence-electron chi connectivity index (χ3n) is 3.61. The molecular formula is C16H24IN3O3. The van der Waals surface area contributed by atoms with Crippen LogP contribution in [0.2, 0.25) is 0 Å². The van der Waals surface area contributed by atoms with Crippen LogP contribution in [-0.4, -0.2) is 17.6 Å². The summed E-state index contributed by atoms with van der Waals surface area (Å²) >= 11 is 2.31. The van der Waals surface area contributed by atoms with Gasteiger partial charge in [-0.2, -0.15) is 0 Å². The Kier molecular flexibility index (Phi) is 8.29. The average molecular weight is 433 g/mol. The van der Waals surface area contributed by atoms with Crippen LogP contribution < -0.4 is 17.1 Å². The lowest BCUT2D eigenvalue weighted by molar-refractivity contribution is 0.440. The average Bonchev–Trinajstić information content (AvgIpc) is 2.54. The van der Waals surface area contributed by atoms with E-state index in [0.717, 1.165) is 15.6 Å². The Bertz CT molecular complexity index is 665. The minimum absolute atomic E-state index is 0.233. The summed E-state index contributed by atoms with van der Waals surface area (Å²) in [6.45, 7) is 10.1. The normalized spacial score (nSPS) is 12.1. The van der Waals surface area contributed by atoms with E-state index in [1.807, 2.05) is 0 Å². The van der Waals surface area contributed by atoms with Crippen molar-refractivity contribution in [1.29, 1.82) is 0 Å². The highest BCUT2D eigenvalue weighted by Crippen LogP contribution is 2.09. The molecule has 0 aliphatic carbocycles. The maximum absolute atomic E-state index is 12.5. The second-order valence-corrected chi connectivity index (χ2v) is 7.01. The predicted molar refractivity (Wildman–Crippen MR) is 102 cm³/mol. The smallest absolute Gasteiger partial charge is 0.247 e.